The molecule has 0 aliphatic heterocycles. The first-order valence-electron chi connectivity index (χ1n) is 6.31. The molecule has 1 rings (SSSR count). The van der Waals surface area contributed by atoms with E-state index in [1.807, 2.05) is 19.1 Å². The van der Waals surface area contributed by atoms with Gasteiger partial charge in [-0.15, -0.1) is 6.58 Å². The van der Waals surface area contributed by atoms with Crippen molar-refractivity contribution in [2.45, 2.75) is 26.3 Å². The van der Waals surface area contributed by atoms with E-state index in [0.717, 1.165) is 13.0 Å². The van der Waals surface area contributed by atoms with Crippen molar-refractivity contribution in [2.24, 2.45) is 0 Å². The van der Waals surface area contributed by atoms with Gasteiger partial charge in [-0.3, -0.25) is 4.79 Å². The van der Waals surface area contributed by atoms with Crippen LogP contribution in [0.5, 0.6) is 0 Å². The molecule has 0 saturated heterocycles. The number of hydrogen-bond acceptors (Lipinski definition) is 2. The highest BCUT2D eigenvalue weighted by Crippen LogP contribution is 2.06. The third kappa shape index (κ3) is 4.72. The van der Waals surface area contributed by atoms with Crippen LogP contribution >= 0.6 is 0 Å². The Hall–Kier alpha value is -1.61. The molecule has 2 N–H and O–H groups in total. The normalized spacial score (nSPS) is 11.9. The van der Waals surface area contributed by atoms with Crippen molar-refractivity contribution in [3.8, 4) is 0 Å². The van der Waals surface area contributed by atoms with Gasteiger partial charge in [-0.2, -0.15) is 0 Å². The van der Waals surface area contributed by atoms with Crippen LogP contribution in [0.2, 0.25) is 0 Å². The van der Waals surface area contributed by atoms with Crippen LogP contribution in [0.15, 0.2) is 36.9 Å². The van der Waals surface area contributed by atoms with Gasteiger partial charge < -0.3 is 10.6 Å². The molecule has 0 aliphatic carbocycles. The molecular formula is C15H22N2O. The summed E-state index contributed by atoms with van der Waals surface area (Å²) in [6, 6.07) is 8.14. The predicted molar refractivity (Wildman–Crippen MR) is 75.6 cm³/mol. The standard InChI is InChI=1S/C15H22N2O/c1-4-10-17-15(18)13(3)16-11-9-14-8-6-5-7-12(14)2/h4-8,13,16H,1,9-11H2,2-3H3,(H,17,18). The monoisotopic (exact) mass is 246 g/mol. The highest BCUT2D eigenvalue weighted by molar-refractivity contribution is 5.81. The van der Waals surface area contributed by atoms with Gasteiger partial charge in [-0.1, -0.05) is 30.3 Å². The molecular weight excluding hydrogens is 224 g/mol. The molecule has 0 aliphatic rings. The lowest BCUT2D eigenvalue weighted by molar-refractivity contribution is -0.122. The third-order valence-corrected chi connectivity index (χ3v) is 2.92. The quantitative estimate of drug-likeness (QED) is 0.721. The lowest BCUT2D eigenvalue weighted by Crippen LogP contribution is -2.42. The zero-order valence-electron chi connectivity index (χ0n) is 11.2. The van der Waals surface area contributed by atoms with Crippen LogP contribution < -0.4 is 10.6 Å². The molecule has 0 radical (unpaired) electrons. The van der Waals surface area contributed by atoms with Gasteiger partial charge in [0, 0.05) is 6.54 Å². The number of aryl methyl sites for hydroxylation is 1. The van der Waals surface area contributed by atoms with Gasteiger partial charge in [0.25, 0.3) is 0 Å². The smallest absolute Gasteiger partial charge is 0.237 e. The van der Waals surface area contributed by atoms with Crippen molar-refractivity contribution in [2.75, 3.05) is 13.1 Å². The first-order chi connectivity index (χ1) is 8.65. The Balaban J connectivity index is 2.31. The molecule has 0 heterocycles. The van der Waals surface area contributed by atoms with E-state index in [1.54, 1.807) is 6.08 Å². The second-order valence-corrected chi connectivity index (χ2v) is 4.39. The Morgan fingerprint density at radius 3 is 2.83 bits per heavy atom. The van der Waals surface area contributed by atoms with Gasteiger partial charge in [0.2, 0.25) is 5.91 Å². The molecule has 0 saturated carbocycles. The summed E-state index contributed by atoms with van der Waals surface area (Å²) in [5.74, 6) is 0.0136. The summed E-state index contributed by atoms with van der Waals surface area (Å²) in [6.07, 6.45) is 2.61. The van der Waals surface area contributed by atoms with Crippen LogP contribution in [-0.4, -0.2) is 25.0 Å². The van der Waals surface area contributed by atoms with Gasteiger partial charge in [-0.05, 0) is 37.9 Å². The van der Waals surface area contributed by atoms with E-state index >= 15 is 0 Å². The molecule has 0 bridgehead atoms. The molecule has 0 spiro atoms. The molecule has 3 heteroatoms. The fraction of sp³-hybridized carbons (Fsp3) is 0.400. The summed E-state index contributed by atoms with van der Waals surface area (Å²) in [4.78, 5) is 11.6. The molecule has 3 nitrogen and oxygen atoms in total. The van der Waals surface area contributed by atoms with Gasteiger partial charge >= 0.3 is 0 Å². The summed E-state index contributed by atoms with van der Waals surface area (Å²) in [5, 5.41) is 5.99. The Morgan fingerprint density at radius 1 is 1.44 bits per heavy atom. The minimum Gasteiger partial charge on any atom is -0.351 e. The zero-order valence-corrected chi connectivity index (χ0v) is 11.2. The number of benzene rings is 1. The number of hydrogen-bond donors (Lipinski definition) is 2. The fourth-order valence-corrected chi connectivity index (χ4v) is 1.73. The minimum atomic E-state index is -0.172. The molecule has 1 aromatic rings. The highest BCUT2D eigenvalue weighted by atomic mass is 16.2. The molecule has 1 atom stereocenters. The van der Waals surface area contributed by atoms with E-state index in [2.05, 4.69) is 36.3 Å². The largest absolute Gasteiger partial charge is 0.351 e. The first-order valence-corrected chi connectivity index (χ1v) is 6.31. The first kappa shape index (κ1) is 14.5. The second-order valence-electron chi connectivity index (χ2n) is 4.39. The number of nitrogens with one attached hydrogen (secondary N) is 2. The SMILES string of the molecule is C=CCNC(=O)C(C)NCCc1ccccc1C. The van der Waals surface area contributed by atoms with Crippen LogP contribution in [0.3, 0.4) is 0 Å². The number of rotatable bonds is 7. The molecule has 98 valence electrons. The number of amides is 1. The summed E-state index contributed by atoms with van der Waals surface area (Å²) in [5.41, 5.74) is 2.62. The van der Waals surface area contributed by atoms with Gasteiger partial charge in [0.15, 0.2) is 0 Å². The highest BCUT2D eigenvalue weighted by Gasteiger charge is 2.10. The molecule has 1 amide bonds. The Bertz CT molecular complexity index is 401. The second kappa shape index (κ2) is 7.67. The van der Waals surface area contributed by atoms with Crippen LogP contribution in [0.4, 0.5) is 0 Å². The molecule has 0 fully saturated rings. The van der Waals surface area contributed by atoms with E-state index in [1.165, 1.54) is 11.1 Å². The lowest BCUT2D eigenvalue weighted by atomic mass is 10.1. The van der Waals surface area contributed by atoms with Crippen LogP contribution in [0.25, 0.3) is 0 Å². The van der Waals surface area contributed by atoms with Crippen molar-refractivity contribution in [1.82, 2.24) is 10.6 Å². The van der Waals surface area contributed by atoms with E-state index in [-0.39, 0.29) is 11.9 Å². The molecule has 0 aromatic heterocycles. The Morgan fingerprint density at radius 2 is 2.17 bits per heavy atom. The van der Waals surface area contributed by atoms with Crippen molar-refractivity contribution >= 4 is 5.91 Å². The van der Waals surface area contributed by atoms with Gasteiger partial charge in [0.05, 0.1) is 6.04 Å². The fourth-order valence-electron chi connectivity index (χ4n) is 1.73. The maximum atomic E-state index is 11.6. The topological polar surface area (TPSA) is 41.1 Å². The van der Waals surface area contributed by atoms with Crippen molar-refractivity contribution in [3.05, 3.63) is 48.0 Å². The maximum Gasteiger partial charge on any atom is 0.237 e. The zero-order chi connectivity index (χ0) is 13.4. The molecule has 1 unspecified atom stereocenters. The van der Waals surface area contributed by atoms with E-state index in [0.29, 0.717) is 6.54 Å². The summed E-state index contributed by atoms with van der Waals surface area (Å²) in [6.45, 7) is 8.86. The van der Waals surface area contributed by atoms with Gasteiger partial charge in [-0.25, -0.2) is 0 Å². The summed E-state index contributed by atoms with van der Waals surface area (Å²) in [7, 11) is 0. The average Bonchev–Trinajstić information content (AvgIpc) is 2.38. The maximum absolute atomic E-state index is 11.6. The van der Waals surface area contributed by atoms with Crippen molar-refractivity contribution in [1.29, 1.82) is 0 Å². The van der Waals surface area contributed by atoms with Crippen LogP contribution in [0.1, 0.15) is 18.1 Å². The Kier molecular flexibility index (Phi) is 6.15. The summed E-state index contributed by atoms with van der Waals surface area (Å²) >= 11 is 0. The van der Waals surface area contributed by atoms with E-state index in [4.69, 9.17) is 0 Å². The third-order valence-electron chi connectivity index (χ3n) is 2.92. The predicted octanol–water partition coefficient (Wildman–Crippen LogP) is 1.82. The van der Waals surface area contributed by atoms with Crippen molar-refractivity contribution in [3.63, 3.8) is 0 Å². The minimum absolute atomic E-state index is 0.0136. The van der Waals surface area contributed by atoms with Gasteiger partial charge in [0.1, 0.15) is 0 Å². The van der Waals surface area contributed by atoms with Crippen LogP contribution in [-0.2, 0) is 11.2 Å². The van der Waals surface area contributed by atoms with E-state index < -0.39 is 0 Å². The molecule has 18 heavy (non-hydrogen) atoms. The van der Waals surface area contributed by atoms with Crippen molar-refractivity contribution < 1.29 is 4.79 Å². The number of carbonyl (C=O) groups excluding carboxylic acids is 1. The Labute approximate surface area is 109 Å². The van der Waals surface area contributed by atoms with Crippen LogP contribution in [0, 0.1) is 6.92 Å². The lowest BCUT2D eigenvalue weighted by Gasteiger charge is -2.13. The summed E-state index contributed by atoms with van der Waals surface area (Å²) < 4.78 is 0. The van der Waals surface area contributed by atoms with E-state index in [9.17, 15) is 4.79 Å². The average molecular weight is 246 g/mol. The molecule has 1 aromatic carbocycles. The number of carbonyl (C=O) groups is 1.